The molecule has 1 atom stereocenters. The summed E-state index contributed by atoms with van der Waals surface area (Å²) < 4.78 is 12.0. The molecule has 226 valence electrons. The van der Waals surface area contributed by atoms with E-state index in [1.807, 2.05) is 54.6 Å². The van der Waals surface area contributed by atoms with Gasteiger partial charge in [-0.3, -0.25) is 0 Å². The summed E-state index contributed by atoms with van der Waals surface area (Å²) in [7, 11) is 0. The van der Waals surface area contributed by atoms with Crippen molar-refractivity contribution >= 4 is 11.9 Å². The molecule has 0 heterocycles. The van der Waals surface area contributed by atoms with E-state index in [0.29, 0.717) is 11.1 Å². The average molecular weight is 571 g/mol. The molecule has 3 rings (SSSR count). The van der Waals surface area contributed by atoms with Gasteiger partial charge in [0.25, 0.3) is 0 Å². The van der Waals surface area contributed by atoms with Crippen molar-refractivity contribution in [3.05, 3.63) is 106 Å². The van der Waals surface area contributed by atoms with Crippen LogP contribution in [0.25, 0.3) is 0 Å². The Kier molecular flexibility index (Phi) is 14.3. The molecule has 0 saturated heterocycles. The van der Waals surface area contributed by atoms with Gasteiger partial charge in [-0.05, 0) is 78.5 Å². The molecule has 4 nitrogen and oxygen atoms in total. The van der Waals surface area contributed by atoms with Crippen LogP contribution in [0, 0.1) is 0 Å². The van der Waals surface area contributed by atoms with E-state index >= 15 is 0 Å². The zero-order valence-electron chi connectivity index (χ0n) is 26.3. The number of rotatable bonds is 18. The van der Waals surface area contributed by atoms with Gasteiger partial charge < -0.3 is 9.47 Å². The molecule has 4 heteroatoms. The van der Waals surface area contributed by atoms with E-state index in [1.54, 1.807) is 0 Å². The smallest absolute Gasteiger partial charge is 0.339 e. The van der Waals surface area contributed by atoms with Gasteiger partial charge in [0.15, 0.2) is 6.10 Å². The Labute approximate surface area is 253 Å². The Balaban J connectivity index is 1.78. The number of esters is 2. The van der Waals surface area contributed by atoms with E-state index in [4.69, 9.17) is 9.47 Å². The molecule has 0 N–H and O–H groups in total. The molecule has 42 heavy (non-hydrogen) atoms. The normalized spacial score (nSPS) is 11.7. The van der Waals surface area contributed by atoms with Crippen LogP contribution in [0.3, 0.4) is 0 Å². The van der Waals surface area contributed by atoms with Crippen LogP contribution in [-0.2, 0) is 35.2 Å². The summed E-state index contributed by atoms with van der Waals surface area (Å²) in [6.07, 6.45) is 11.9. The van der Waals surface area contributed by atoms with Crippen LogP contribution in [0.1, 0.15) is 134 Å². The van der Waals surface area contributed by atoms with Gasteiger partial charge in [0.2, 0.25) is 0 Å². The first-order valence-corrected chi connectivity index (χ1v) is 16.2. The highest BCUT2D eigenvalue weighted by molar-refractivity contribution is 5.92. The summed E-state index contributed by atoms with van der Waals surface area (Å²) >= 11 is 0. The van der Waals surface area contributed by atoms with Gasteiger partial charge in [-0.1, -0.05) is 121 Å². The first-order valence-electron chi connectivity index (χ1n) is 16.2. The van der Waals surface area contributed by atoms with Crippen molar-refractivity contribution < 1.29 is 19.1 Å². The monoisotopic (exact) mass is 570 g/mol. The van der Waals surface area contributed by atoms with Crippen LogP contribution in [0.2, 0.25) is 0 Å². The van der Waals surface area contributed by atoms with Crippen molar-refractivity contribution in [3.8, 4) is 0 Å². The maximum Gasteiger partial charge on any atom is 0.339 e. The lowest BCUT2D eigenvalue weighted by Gasteiger charge is -2.20. The summed E-state index contributed by atoms with van der Waals surface area (Å²) in [6.45, 7) is 8.61. The quantitative estimate of drug-likeness (QED) is 0.113. The van der Waals surface area contributed by atoms with Crippen molar-refractivity contribution in [2.75, 3.05) is 6.61 Å². The van der Waals surface area contributed by atoms with Crippen LogP contribution < -0.4 is 0 Å². The number of benzene rings is 3. The van der Waals surface area contributed by atoms with Gasteiger partial charge >= 0.3 is 11.9 Å². The van der Waals surface area contributed by atoms with Gasteiger partial charge in [-0.15, -0.1) is 0 Å². The SMILES string of the molecule is CCCCCCc1cc(CC)ccc1C(=O)OCC(OC(=O)c1ccc(CC)cc1CCCCCC)c1ccccc1. The largest absolute Gasteiger partial charge is 0.458 e. The summed E-state index contributed by atoms with van der Waals surface area (Å²) in [5, 5.41) is 0. The van der Waals surface area contributed by atoms with Gasteiger partial charge in [0.05, 0.1) is 11.1 Å². The molecule has 1 unspecified atom stereocenters. The lowest BCUT2D eigenvalue weighted by Crippen LogP contribution is -2.20. The topological polar surface area (TPSA) is 52.6 Å². The minimum absolute atomic E-state index is 0.0434. The van der Waals surface area contributed by atoms with E-state index in [1.165, 1.54) is 36.8 Å². The first kappa shape index (κ1) is 33.1. The van der Waals surface area contributed by atoms with E-state index in [9.17, 15) is 9.59 Å². The summed E-state index contributed by atoms with van der Waals surface area (Å²) in [5.41, 5.74) is 6.49. The number of unbranched alkanes of at least 4 members (excludes halogenated alkanes) is 6. The number of carbonyl (C=O) groups is 2. The number of hydrogen-bond donors (Lipinski definition) is 0. The molecule has 0 aliphatic heterocycles. The summed E-state index contributed by atoms with van der Waals surface area (Å²) in [4.78, 5) is 27.0. The fourth-order valence-electron chi connectivity index (χ4n) is 5.32. The first-order chi connectivity index (χ1) is 20.5. The Hall–Kier alpha value is -3.40. The minimum Gasteiger partial charge on any atom is -0.458 e. The third kappa shape index (κ3) is 10.2. The minimum atomic E-state index is -0.704. The maximum absolute atomic E-state index is 13.6. The molecule has 0 aliphatic rings. The molecule has 0 aliphatic carbocycles. The van der Waals surface area contributed by atoms with E-state index in [2.05, 4.69) is 39.8 Å². The maximum atomic E-state index is 13.6. The Bertz CT molecular complexity index is 1250. The van der Waals surface area contributed by atoms with Gasteiger partial charge in [-0.25, -0.2) is 9.59 Å². The van der Waals surface area contributed by atoms with Crippen LogP contribution in [0.5, 0.6) is 0 Å². The number of hydrogen-bond acceptors (Lipinski definition) is 4. The second-order valence-corrected chi connectivity index (χ2v) is 11.2. The van der Waals surface area contributed by atoms with Crippen LogP contribution in [0.15, 0.2) is 66.7 Å². The standard InChI is InChI=1S/C38H50O4/c1-5-9-11-14-20-32-26-29(7-3)22-24-34(32)37(39)41-28-36(31-18-16-13-17-19-31)42-38(40)35-25-23-30(8-4)27-33(35)21-15-12-10-6-2/h13,16-19,22-27,36H,5-12,14-15,20-21,28H2,1-4H3. The summed E-state index contributed by atoms with van der Waals surface area (Å²) in [5.74, 6) is -0.749. The molecular weight excluding hydrogens is 520 g/mol. The molecule has 3 aromatic rings. The number of aryl methyl sites for hydroxylation is 4. The number of carbonyl (C=O) groups excluding carboxylic acids is 2. The van der Waals surface area contributed by atoms with Gasteiger partial charge in [0.1, 0.15) is 6.61 Å². The van der Waals surface area contributed by atoms with E-state index in [0.717, 1.165) is 68.1 Å². The highest BCUT2D eigenvalue weighted by Crippen LogP contribution is 2.25. The highest BCUT2D eigenvalue weighted by Gasteiger charge is 2.23. The van der Waals surface area contributed by atoms with Crippen LogP contribution in [0.4, 0.5) is 0 Å². The van der Waals surface area contributed by atoms with Gasteiger partial charge in [-0.2, -0.15) is 0 Å². The molecule has 0 spiro atoms. The molecular formula is C38H50O4. The molecule has 0 amide bonds. The fraction of sp³-hybridized carbons (Fsp3) is 0.474. The van der Waals surface area contributed by atoms with Crippen LogP contribution in [-0.4, -0.2) is 18.5 Å². The second-order valence-electron chi connectivity index (χ2n) is 11.2. The molecule has 0 saturated carbocycles. The molecule has 0 aromatic heterocycles. The Morgan fingerprint density at radius 1 is 0.619 bits per heavy atom. The third-order valence-corrected chi connectivity index (χ3v) is 7.98. The van der Waals surface area contributed by atoms with Crippen molar-refractivity contribution in [2.45, 2.75) is 111 Å². The highest BCUT2D eigenvalue weighted by atomic mass is 16.6. The zero-order valence-corrected chi connectivity index (χ0v) is 26.3. The lowest BCUT2D eigenvalue weighted by molar-refractivity contribution is -0.00147. The second kappa shape index (κ2) is 18.2. The summed E-state index contributed by atoms with van der Waals surface area (Å²) in [6, 6.07) is 21.6. The molecule has 3 aromatic carbocycles. The average Bonchev–Trinajstić information content (AvgIpc) is 3.03. The van der Waals surface area contributed by atoms with Crippen molar-refractivity contribution in [3.63, 3.8) is 0 Å². The molecule has 0 radical (unpaired) electrons. The van der Waals surface area contributed by atoms with Crippen molar-refractivity contribution in [1.82, 2.24) is 0 Å². The van der Waals surface area contributed by atoms with Gasteiger partial charge in [0, 0.05) is 0 Å². The predicted molar refractivity (Wildman–Crippen MR) is 172 cm³/mol. The van der Waals surface area contributed by atoms with E-state index in [-0.39, 0.29) is 18.5 Å². The van der Waals surface area contributed by atoms with Crippen LogP contribution >= 0.6 is 0 Å². The molecule has 0 fully saturated rings. The van der Waals surface area contributed by atoms with E-state index < -0.39 is 6.10 Å². The van der Waals surface area contributed by atoms with Crippen molar-refractivity contribution in [1.29, 1.82) is 0 Å². The Morgan fingerprint density at radius 3 is 1.64 bits per heavy atom. The molecule has 0 bridgehead atoms. The third-order valence-electron chi connectivity index (χ3n) is 7.98. The van der Waals surface area contributed by atoms with Crippen molar-refractivity contribution in [2.24, 2.45) is 0 Å². The zero-order chi connectivity index (χ0) is 30.2. The predicted octanol–water partition coefficient (Wildman–Crippen LogP) is 9.81. The number of ether oxygens (including phenoxy) is 2. The lowest BCUT2D eigenvalue weighted by atomic mass is 9.97. The Morgan fingerprint density at radius 2 is 1.14 bits per heavy atom. The fourth-order valence-corrected chi connectivity index (χ4v) is 5.32.